The van der Waals surface area contributed by atoms with E-state index in [-0.39, 0.29) is 37.0 Å². The average molecular weight is 280 g/mol. The normalized spacial score (nSPS) is 16.4. The highest BCUT2D eigenvalue weighted by molar-refractivity contribution is 5.79. The van der Waals surface area contributed by atoms with Crippen molar-refractivity contribution in [2.45, 2.75) is 18.9 Å². The molecule has 2 rings (SSSR count). The van der Waals surface area contributed by atoms with Gasteiger partial charge in [0.05, 0.1) is 23.6 Å². The lowest BCUT2D eigenvalue weighted by Gasteiger charge is -2.45. The van der Waals surface area contributed by atoms with E-state index >= 15 is 0 Å². The smallest absolute Gasteiger partial charge is 0.310 e. The first-order valence-corrected chi connectivity index (χ1v) is 6.31. The number of benzene rings is 1. The first kappa shape index (κ1) is 14.3. The van der Waals surface area contributed by atoms with Gasteiger partial charge in [0.25, 0.3) is 5.91 Å². The number of hydrogen-bond donors (Lipinski definition) is 1. The van der Waals surface area contributed by atoms with Gasteiger partial charge in [0.1, 0.15) is 0 Å². The predicted octanol–water partition coefficient (Wildman–Crippen LogP) is 0.957. The van der Waals surface area contributed by atoms with Crippen molar-refractivity contribution in [3.63, 3.8) is 0 Å². The number of nitro benzene ring substituents is 1. The van der Waals surface area contributed by atoms with E-state index in [0.29, 0.717) is 6.42 Å². The minimum absolute atomic E-state index is 0.0668. The van der Waals surface area contributed by atoms with Crippen molar-refractivity contribution in [3.8, 4) is 5.75 Å². The minimum Gasteiger partial charge on any atom is -0.477 e. The van der Waals surface area contributed by atoms with Gasteiger partial charge in [-0.2, -0.15) is 0 Å². The van der Waals surface area contributed by atoms with Crippen LogP contribution < -0.4 is 4.74 Å². The van der Waals surface area contributed by atoms with Crippen LogP contribution in [0.2, 0.25) is 0 Å². The van der Waals surface area contributed by atoms with Crippen molar-refractivity contribution in [1.29, 1.82) is 0 Å². The van der Waals surface area contributed by atoms with Crippen molar-refractivity contribution >= 4 is 11.6 Å². The van der Waals surface area contributed by atoms with Gasteiger partial charge in [-0.1, -0.05) is 19.1 Å². The summed E-state index contributed by atoms with van der Waals surface area (Å²) in [5.74, 6) is -0.224. The van der Waals surface area contributed by atoms with Crippen LogP contribution in [-0.2, 0) is 4.79 Å². The van der Waals surface area contributed by atoms with E-state index in [4.69, 9.17) is 4.74 Å². The molecule has 0 saturated carbocycles. The number of hydrogen-bond acceptors (Lipinski definition) is 5. The summed E-state index contributed by atoms with van der Waals surface area (Å²) in [7, 11) is 0. The van der Waals surface area contributed by atoms with E-state index in [9.17, 15) is 20.0 Å². The summed E-state index contributed by atoms with van der Waals surface area (Å²) < 4.78 is 5.20. The van der Waals surface area contributed by atoms with Crippen molar-refractivity contribution in [2.75, 3.05) is 19.7 Å². The number of β-amino-alcohol motifs (C(OH)–C–C–N with tert-alkyl or cyclic N) is 1. The van der Waals surface area contributed by atoms with E-state index in [1.54, 1.807) is 6.07 Å². The number of aliphatic hydroxyl groups is 1. The first-order chi connectivity index (χ1) is 9.45. The van der Waals surface area contributed by atoms with Gasteiger partial charge in [-0.3, -0.25) is 14.9 Å². The molecule has 0 aromatic heterocycles. The highest BCUT2D eigenvalue weighted by Crippen LogP contribution is 2.27. The average Bonchev–Trinajstić information content (AvgIpc) is 2.41. The van der Waals surface area contributed by atoms with Gasteiger partial charge in [-0.15, -0.1) is 0 Å². The van der Waals surface area contributed by atoms with Crippen LogP contribution in [0.1, 0.15) is 13.3 Å². The summed E-state index contributed by atoms with van der Waals surface area (Å²) in [4.78, 5) is 23.5. The van der Waals surface area contributed by atoms with Crippen molar-refractivity contribution in [2.24, 2.45) is 0 Å². The molecule has 20 heavy (non-hydrogen) atoms. The number of carbonyl (C=O) groups is 1. The zero-order valence-electron chi connectivity index (χ0n) is 11.1. The van der Waals surface area contributed by atoms with Crippen LogP contribution in [0, 0.1) is 10.1 Å². The Balaban J connectivity index is 1.90. The Bertz CT molecular complexity index is 525. The first-order valence-electron chi connectivity index (χ1n) is 6.31. The number of nitro groups is 1. The van der Waals surface area contributed by atoms with Crippen molar-refractivity contribution in [3.05, 3.63) is 34.4 Å². The number of nitrogens with zero attached hydrogens (tertiary/aromatic N) is 2. The maximum atomic E-state index is 11.8. The zero-order valence-corrected chi connectivity index (χ0v) is 11.1. The molecule has 7 nitrogen and oxygen atoms in total. The van der Waals surface area contributed by atoms with Gasteiger partial charge in [0.2, 0.25) is 0 Å². The topological polar surface area (TPSA) is 92.9 Å². The number of likely N-dealkylation sites (tertiary alicyclic amines) is 1. The summed E-state index contributed by atoms with van der Waals surface area (Å²) in [6, 6.07) is 5.90. The Labute approximate surface area is 115 Å². The van der Waals surface area contributed by atoms with Gasteiger partial charge in [-0.25, -0.2) is 0 Å². The molecule has 1 aliphatic rings. The molecule has 1 N–H and O–H groups in total. The van der Waals surface area contributed by atoms with Crippen molar-refractivity contribution < 1.29 is 19.6 Å². The number of carbonyl (C=O) groups excluding carboxylic acids is 1. The molecule has 108 valence electrons. The molecule has 0 bridgehead atoms. The lowest BCUT2D eigenvalue weighted by molar-refractivity contribution is -0.385. The minimum atomic E-state index is -0.797. The van der Waals surface area contributed by atoms with E-state index in [2.05, 4.69) is 0 Å². The lowest BCUT2D eigenvalue weighted by atomic mass is 9.91. The van der Waals surface area contributed by atoms with Crippen LogP contribution in [0.25, 0.3) is 0 Å². The molecule has 1 aromatic rings. The van der Waals surface area contributed by atoms with Gasteiger partial charge < -0.3 is 14.7 Å². The van der Waals surface area contributed by atoms with Crippen LogP contribution >= 0.6 is 0 Å². The molecular weight excluding hydrogens is 264 g/mol. The summed E-state index contributed by atoms with van der Waals surface area (Å²) in [6.07, 6.45) is 0.585. The molecule has 1 saturated heterocycles. The molecule has 0 atom stereocenters. The summed E-state index contributed by atoms with van der Waals surface area (Å²) in [5, 5.41) is 20.6. The number of para-hydroxylation sites is 2. The SMILES string of the molecule is CCC1(O)CN(C(=O)COc2ccccc2[N+](=O)[O-])C1. The highest BCUT2D eigenvalue weighted by atomic mass is 16.6. The summed E-state index contributed by atoms with van der Waals surface area (Å²) in [6.45, 7) is 2.14. The third-order valence-electron chi connectivity index (χ3n) is 3.39. The molecule has 0 unspecified atom stereocenters. The van der Waals surface area contributed by atoms with Crippen LogP contribution in [0.4, 0.5) is 5.69 Å². The summed E-state index contributed by atoms with van der Waals surface area (Å²) >= 11 is 0. The van der Waals surface area contributed by atoms with Gasteiger partial charge in [0, 0.05) is 6.07 Å². The molecule has 0 radical (unpaired) electrons. The standard InChI is InChI=1S/C13H16N2O5/c1-2-13(17)8-14(9-13)12(16)7-20-11-6-4-3-5-10(11)15(18)19/h3-6,17H,2,7-9H2,1H3. The van der Waals surface area contributed by atoms with Gasteiger partial charge >= 0.3 is 5.69 Å². The fourth-order valence-electron chi connectivity index (χ4n) is 2.03. The lowest BCUT2D eigenvalue weighted by Crippen LogP contribution is -2.63. The Morgan fingerprint density at radius 3 is 2.75 bits per heavy atom. The predicted molar refractivity (Wildman–Crippen MR) is 70.4 cm³/mol. The maximum absolute atomic E-state index is 11.8. The van der Waals surface area contributed by atoms with Gasteiger partial charge in [-0.05, 0) is 12.5 Å². The Morgan fingerprint density at radius 1 is 1.50 bits per heavy atom. The second kappa shape index (κ2) is 5.46. The highest BCUT2D eigenvalue weighted by Gasteiger charge is 2.42. The number of amides is 1. The Morgan fingerprint density at radius 2 is 2.15 bits per heavy atom. The molecule has 0 spiro atoms. The van der Waals surface area contributed by atoms with Crippen LogP contribution in [-0.4, -0.2) is 46.1 Å². The van der Waals surface area contributed by atoms with E-state index in [1.165, 1.54) is 23.1 Å². The van der Waals surface area contributed by atoms with E-state index < -0.39 is 10.5 Å². The molecule has 1 aromatic carbocycles. The number of ether oxygens (including phenoxy) is 1. The monoisotopic (exact) mass is 280 g/mol. The summed E-state index contributed by atoms with van der Waals surface area (Å²) in [5.41, 5.74) is -0.969. The zero-order chi connectivity index (χ0) is 14.8. The molecule has 7 heteroatoms. The van der Waals surface area contributed by atoms with Crippen molar-refractivity contribution in [1.82, 2.24) is 4.90 Å². The molecule has 1 aliphatic heterocycles. The molecule has 1 fully saturated rings. The molecule has 1 heterocycles. The fourth-order valence-corrected chi connectivity index (χ4v) is 2.03. The quantitative estimate of drug-likeness (QED) is 0.640. The largest absolute Gasteiger partial charge is 0.477 e. The second-order valence-electron chi connectivity index (χ2n) is 4.84. The molecule has 0 aliphatic carbocycles. The maximum Gasteiger partial charge on any atom is 0.310 e. The molecular formula is C13H16N2O5. The fraction of sp³-hybridized carbons (Fsp3) is 0.462. The third kappa shape index (κ3) is 2.88. The molecule has 1 amide bonds. The third-order valence-corrected chi connectivity index (χ3v) is 3.39. The van der Waals surface area contributed by atoms with E-state index in [1.807, 2.05) is 6.92 Å². The Hall–Kier alpha value is -2.15. The van der Waals surface area contributed by atoms with Crippen LogP contribution in [0.5, 0.6) is 5.75 Å². The van der Waals surface area contributed by atoms with Gasteiger partial charge in [0.15, 0.2) is 12.4 Å². The Kier molecular flexibility index (Phi) is 3.89. The van der Waals surface area contributed by atoms with Crippen LogP contribution in [0.3, 0.4) is 0 Å². The van der Waals surface area contributed by atoms with Crippen LogP contribution in [0.15, 0.2) is 24.3 Å². The van der Waals surface area contributed by atoms with E-state index in [0.717, 1.165) is 0 Å². The second-order valence-corrected chi connectivity index (χ2v) is 4.84. The number of rotatable bonds is 5.